The van der Waals surface area contributed by atoms with Crippen LogP contribution in [0.5, 0.6) is 0 Å². The number of rotatable bonds is 2. The molecule has 1 unspecified atom stereocenters. The quantitative estimate of drug-likeness (QED) is 0.840. The number of morpholine rings is 1. The van der Waals surface area contributed by atoms with Gasteiger partial charge in [-0.05, 0) is 36.1 Å². The molecule has 1 heterocycles. The fourth-order valence-electron chi connectivity index (χ4n) is 2.73. The fraction of sp³-hybridized carbons (Fsp3) is 0.429. The van der Waals surface area contributed by atoms with Gasteiger partial charge in [-0.1, -0.05) is 6.07 Å². The summed E-state index contributed by atoms with van der Waals surface area (Å²) in [7, 11) is 0. The van der Waals surface area contributed by atoms with E-state index in [1.165, 1.54) is 11.3 Å². The Hall–Kier alpha value is -1.55. The number of carbonyl (C=O) groups is 1. The van der Waals surface area contributed by atoms with Gasteiger partial charge in [-0.15, -0.1) is 0 Å². The van der Waals surface area contributed by atoms with E-state index in [1.807, 2.05) is 12.5 Å². The first-order valence-corrected chi connectivity index (χ1v) is 6.34. The Labute approximate surface area is 107 Å². The molecule has 0 saturated carbocycles. The minimum Gasteiger partial charge on any atom is -0.378 e. The van der Waals surface area contributed by atoms with Gasteiger partial charge in [0.05, 0.1) is 19.1 Å². The number of hydrogen-bond acceptors (Lipinski definition) is 3. The molecule has 1 fully saturated rings. The SMILES string of the molecule is NC(=O)C1[CH]Cc2cc(N3CCOCC3)ccc21. The lowest BCUT2D eigenvalue weighted by molar-refractivity contribution is -0.118. The molecule has 1 saturated heterocycles. The van der Waals surface area contributed by atoms with Crippen LogP contribution in [0.15, 0.2) is 18.2 Å². The Morgan fingerprint density at radius 3 is 2.83 bits per heavy atom. The second-order valence-corrected chi connectivity index (χ2v) is 4.80. The number of anilines is 1. The third kappa shape index (κ3) is 1.97. The van der Waals surface area contributed by atoms with Crippen LogP contribution in [-0.4, -0.2) is 32.2 Å². The van der Waals surface area contributed by atoms with Crippen LogP contribution in [0.25, 0.3) is 0 Å². The fourth-order valence-corrected chi connectivity index (χ4v) is 2.73. The number of nitrogens with two attached hydrogens (primary N) is 1. The lowest BCUT2D eigenvalue weighted by Gasteiger charge is -2.29. The van der Waals surface area contributed by atoms with Gasteiger partial charge in [-0.2, -0.15) is 0 Å². The van der Waals surface area contributed by atoms with E-state index in [0.29, 0.717) is 0 Å². The van der Waals surface area contributed by atoms with E-state index in [9.17, 15) is 4.79 Å². The highest BCUT2D eigenvalue weighted by Crippen LogP contribution is 2.34. The molecule has 1 aliphatic heterocycles. The van der Waals surface area contributed by atoms with Crippen LogP contribution in [0, 0.1) is 6.42 Å². The molecule has 18 heavy (non-hydrogen) atoms. The number of ether oxygens (including phenoxy) is 1. The summed E-state index contributed by atoms with van der Waals surface area (Å²) >= 11 is 0. The topological polar surface area (TPSA) is 55.6 Å². The molecule has 95 valence electrons. The first kappa shape index (κ1) is 11.5. The van der Waals surface area contributed by atoms with E-state index in [0.717, 1.165) is 38.3 Å². The maximum Gasteiger partial charge on any atom is 0.225 e. The third-order valence-electron chi connectivity index (χ3n) is 3.72. The highest BCUT2D eigenvalue weighted by molar-refractivity contribution is 5.85. The summed E-state index contributed by atoms with van der Waals surface area (Å²) < 4.78 is 5.35. The molecule has 2 N–H and O–H groups in total. The van der Waals surface area contributed by atoms with Gasteiger partial charge in [0.1, 0.15) is 0 Å². The Balaban J connectivity index is 1.86. The summed E-state index contributed by atoms with van der Waals surface area (Å²) in [6.07, 6.45) is 2.83. The number of carbonyl (C=O) groups excluding carboxylic acids is 1. The predicted molar refractivity (Wildman–Crippen MR) is 69.4 cm³/mol. The van der Waals surface area contributed by atoms with Gasteiger partial charge in [0.15, 0.2) is 0 Å². The number of fused-ring (bicyclic) bond motifs is 1. The van der Waals surface area contributed by atoms with E-state index in [1.54, 1.807) is 0 Å². The van der Waals surface area contributed by atoms with Crippen molar-refractivity contribution in [3.8, 4) is 0 Å². The molecular weight excluding hydrogens is 228 g/mol. The molecule has 1 radical (unpaired) electrons. The summed E-state index contributed by atoms with van der Waals surface area (Å²) in [6.45, 7) is 3.43. The molecule has 1 aliphatic carbocycles. The van der Waals surface area contributed by atoms with Gasteiger partial charge in [0.25, 0.3) is 0 Å². The highest BCUT2D eigenvalue weighted by Gasteiger charge is 2.27. The van der Waals surface area contributed by atoms with Gasteiger partial charge >= 0.3 is 0 Å². The second kappa shape index (κ2) is 4.61. The summed E-state index contributed by atoms with van der Waals surface area (Å²) in [5, 5.41) is 0. The van der Waals surface area contributed by atoms with Crippen LogP contribution >= 0.6 is 0 Å². The zero-order valence-corrected chi connectivity index (χ0v) is 10.3. The highest BCUT2D eigenvalue weighted by atomic mass is 16.5. The molecule has 2 aliphatic rings. The lowest BCUT2D eigenvalue weighted by atomic mass is 10.0. The molecule has 1 amide bonds. The van der Waals surface area contributed by atoms with Crippen molar-refractivity contribution in [2.75, 3.05) is 31.2 Å². The van der Waals surface area contributed by atoms with Crippen molar-refractivity contribution in [3.05, 3.63) is 35.7 Å². The minimum absolute atomic E-state index is 0.210. The van der Waals surface area contributed by atoms with Crippen LogP contribution in [-0.2, 0) is 16.0 Å². The molecule has 1 atom stereocenters. The number of hydrogen-bond donors (Lipinski definition) is 1. The van der Waals surface area contributed by atoms with E-state index >= 15 is 0 Å². The minimum atomic E-state index is -0.257. The number of primary amides is 1. The lowest BCUT2D eigenvalue weighted by Crippen LogP contribution is -2.36. The van der Waals surface area contributed by atoms with Crippen molar-refractivity contribution in [3.63, 3.8) is 0 Å². The summed E-state index contributed by atoms with van der Waals surface area (Å²) in [6, 6.07) is 6.30. The molecule has 4 nitrogen and oxygen atoms in total. The molecule has 0 spiro atoms. The Morgan fingerprint density at radius 2 is 2.11 bits per heavy atom. The van der Waals surface area contributed by atoms with Crippen LogP contribution in [0.4, 0.5) is 5.69 Å². The summed E-state index contributed by atoms with van der Waals surface area (Å²) in [5.74, 6) is -0.466. The Morgan fingerprint density at radius 1 is 1.33 bits per heavy atom. The van der Waals surface area contributed by atoms with Gasteiger partial charge in [0.2, 0.25) is 5.91 Å². The maximum absolute atomic E-state index is 11.3. The average Bonchev–Trinajstić information content (AvgIpc) is 2.82. The van der Waals surface area contributed by atoms with Gasteiger partial charge in [-0.25, -0.2) is 0 Å². The Kier molecular flexibility index (Phi) is 2.96. The average molecular weight is 245 g/mol. The monoisotopic (exact) mass is 245 g/mol. The molecule has 0 aromatic heterocycles. The number of nitrogens with zero attached hydrogens (tertiary/aromatic N) is 1. The molecule has 1 aromatic carbocycles. The molecule has 1 aromatic rings. The van der Waals surface area contributed by atoms with Crippen molar-refractivity contribution in [1.82, 2.24) is 0 Å². The zero-order valence-electron chi connectivity index (χ0n) is 10.3. The first-order chi connectivity index (χ1) is 8.75. The van der Waals surface area contributed by atoms with Crippen molar-refractivity contribution < 1.29 is 9.53 Å². The summed E-state index contributed by atoms with van der Waals surface area (Å²) in [4.78, 5) is 13.6. The normalized spacial score (nSPS) is 22.9. The first-order valence-electron chi connectivity index (χ1n) is 6.34. The van der Waals surface area contributed by atoms with Gasteiger partial charge in [0, 0.05) is 18.8 Å². The van der Waals surface area contributed by atoms with Crippen molar-refractivity contribution >= 4 is 11.6 Å². The van der Waals surface area contributed by atoms with E-state index in [4.69, 9.17) is 10.5 Å². The summed E-state index contributed by atoms with van der Waals surface area (Å²) in [5.41, 5.74) is 8.91. The van der Waals surface area contributed by atoms with Crippen LogP contribution < -0.4 is 10.6 Å². The van der Waals surface area contributed by atoms with Crippen molar-refractivity contribution in [2.45, 2.75) is 12.3 Å². The van der Waals surface area contributed by atoms with Crippen LogP contribution in [0.3, 0.4) is 0 Å². The zero-order chi connectivity index (χ0) is 12.5. The van der Waals surface area contributed by atoms with Crippen LogP contribution in [0.2, 0.25) is 0 Å². The van der Waals surface area contributed by atoms with Crippen molar-refractivity contribution in [2.24, 2.45) is 5.73 Å². The largest absolute Gasteiger partial charge is 0.378 e. The second-order valence-electron chi connectivity index (χ2n) is 4.80. The Bertz CT molecular complexity index is 467. The van der Waals surface area contributed by atoms with E-state index in [2.05, 4.69) is 17.0 Å². The molecule has 4 heteroatoms. The number of amides is 1. The number of benzene rings is 1. The molecular formula is C14H17N2O2. The maximum atomic E-state index is 11.3. The van der Waals surface area contributed by atoms with Gasteiger partial charge < -0.3 is 15.4 Å². The predicted octanol–water partition coefficient (Wildman–Crippen LogP) is 0.852. The van der Waals surface area contributed by atoms with E-state index in [-0.39, 0.29) is 11.8 Å². The molecule has 0 bridgehead atoms. The van der Waals surface area contributed by atoms with Crippen molar-refractivity contribution in [1.29, 1.82) is 0 Å². The van der Waals surface area contributed by atoms with E-state index < -0.39 is 0 Å². The van der Waals surface area contributed by atoms with Crippen LogP contribution in [0.1, 0.15) is 17.0 Å². The van der Waals surface area contributed by atoms with Gasteiger partial charge in [-0.3, -0.25) is 4.79 Å². The standard InChI is InChI=1S/C14H17N2O2/c15-14(17)13-3-1-10-9-11(2-4-12(10)13)16-5-7-18-8-6-16/h2-4,9,13H,1,5-8H2,(H2,15,17). The smallest absolute Gasteiger partial charge is 0.225 e. The third-order valence-corrected chi connectivity index (χ3v) is 3.72. The molecule has 3 rings (SSSR count).